The second-order valence-electron chi connectivity index (χ2n) is 7.58. The molecule has 2 aliphatic heterocycles. The van der Waals surface area contributed by atoms with Crippen molar-refractivity contribution in [1.29, 1.82) is 0 Å². The molecule has 9 heteroatoms. The van der Waals surface area contributed by atoms with E-state index in [0.717, 1.165) is 0 Å². The van der Waals surface area contributed by atoms with Gasteiger partial charge >= 0.3 is 6.03 Å². The number of nitrogens with zero attached hydrogens (tertiary/aromatic N) is 5. The molecule has 2 fully saturated rings. The molecule has 3 rings (SSSR count). The largest absolute Gasteiger partial charge is 0.389 e. The molecular weight excluding hydrogens is 336 g/mol. The van der Waals surface area contributed by atoms with E-state index in [9.17, 15) is 14.7 Å². The Kier molecular flexibility index (Phi) is 5.19. The minimum absolute atomic E-state index is 0.0305. The lowest BCUT2D eigenvalue weighted by Crippen LogP contribution is -2.62. The molecule has 0 aliphatic carbocycles. The number of anilines is 1. The summed E-state index contributed by atoms with van der Waals surface area (Å²) in [6, 6.07) is 1.72. The molecule has 1 aromatic rings. The van der Waals surface area contributed by atoms with Crippen LogP contribution in [0.15, 0.2) is 12.3 Å². The van der Waals surface area contributed by atoms with Crippen molar-refractivity contribution in [3.8, 4) is 0 Å². The summed E-state index contributed by atoms with van der Waals surface area (Å²) < 4.78 is 1.63. The Labute approximate surface area is 153 Å². The van der Waals surface area contributed by atoms with Crippen LogP contribution in [0.4, 0.5) is 10.6 Å². The van der Waals surface area contributed by atoms with Gasteiger partial charge in [0.05, 0.1) is 12.1 Å². The van der Waals surface area contributed by atoms with E-state index in [0.29, 0.717) is 44.8 Å². The minimum Gasteiger partial charge on any atom is -0.389 e. The standard InChI is InChI=1S/C17H28N6O3/c1-20(2)16(25)23-9-6-17(26)5-8-22(10-13(17)11-23)12-15(24)18-14-4-7-21(3)19-14/h4,7,13,26H,5-6,8-12H2,1-3H3,(H,18,19,24)/t13-,17-/m0/s1. The summed E-state index contributed by atoms with van der Waals surface area (Å²) in [5.41, 5.74) is -0.739. The number of hydrogen-bond acceptors (Lipinski definition) is 5. The first-order valence-corrected chi connectivity index (χ1v) is 8.97. The Bertz CT molecular complexity index is 675. The second-order valence-corrected chi connectivity index (χ2v) is 7.58. The highest BCUT2D eigenvalue weighted by molar-refractivity contribution is 5.91. The highest BCUT2D eigenvalue weighted by Gasteiger charge is 2.46. The number of piperidine rings is 2. The van der Waals surface area contributed by atoms with Crippen molar-refractivity contribution in [3.05, 3.63) is 12.3 Å². The predicted molar refractivity (Wildman–Crippen MR) is 96.6 cm³/mol. The number of urea groups is 1. The number of hydrogen-bond donors (Lipinski definition) is 2. The summed E-state index contributed by atoms with van der Waals surface area (Å²) in [5, 5.41) is 17.9. The SMILES string of the molecule is CN(C)C(=O)N1CC[C@@]2(O)CCN(CC(=O)Nc3ccn(C)n3)C[C@H]2C1. The van der Waals surface area contributed by atoms with Crippen LogP contribution in [0.1, 0.15) is 12.8 Å². The van der Waals surface area contributed by atoms with E-state index in [1.165, 1.54) is 0 Å². The summed E-state index contributed by atoms with van der Waals surface area (Å²) in [7, 11) is 5.27. The van der Waals surface area contributed by atoms with E-state index < -0.39 is 5.60 Å². The van der Waals surface area contributed by atoms with Gasteiger partial charge in [-0.05, 0) is 12.8 Å². The average molecular weight is 364 g/mol. The Balaban J connectivity index is 1.57. The first-order valence-electron chi connectivity index (χ1n) is 8.97. The molecule has 0 saturated carbocycles. The summed E-state index contributed by atoms with van der Waals surface area (Å²) in [5.74, 6) is 0.370. The molecule has 26 heavy (non-hydrogen) atoms. The maximum absolute atomic E-state index is 12.3. The van der Waals surface area contributed by atoms with Crippen molar-refractivity contribution in [3.63, 3.8) is 0 Å². The van der Waals surface area contributed by atoms with Crippen molar-refractivity contribution in [2.45, 2.75) is 18.4 Å². The third kappa shape index (κ3) is 3.99. The number of carbonyl (C=O) groups excluding carboxylic acids is 2. The summed E-state index contributed by atoms with van der Waals surface area (Å²) >= 11 is 0. The Morgan fingerprint density at radius 3 is 2.73 bits per heavy atom. The number of nitrogens with one attached hydrogen (secondary N) is 1. The first kappa shape index (κ1) is 18.7. The summed E-state index contributed by atoms with van der Waals surface area (Å²) in [6.45, 7) is 2.62. The lowest BCUT2D eigenvalue weighted by Gasteiger charge is -2.50. The van der Waals surface area contributed by atoms with Crippen LogP contribution in [0.3, 0.4) is 0 Å². The maximum Gasteiger partial charge on any atom is 0.319 e. The number of aromatic nitrogens is 2. The monoisotopic (exact) mass is 364 g/mol. The average Bonchev–Trinajstić information content (AvgIpc) is 2.98. The van der Waals surface area contributed by atoms with Gasteiger partial charge in [-0.15, -0.1) is 0 Å². The number of carbonyl (C=O) groups is 2. The fourth-order valence-corrected chi connectivity index (χ4v) is 3.84. The van der Waals surface area contributed by atoms with Crippen LogP contribution in [0, 0.1) is 5.92 Å². The molecule has 144 valence electrons. The molecule has 3 amide bonds. The predicted octanol–water partition coefficient (Wildman–Crippen LogP) is -0.201. The zero-order valence-corrected chi connectivity index (χ0v) is 15.7. The summed E-state index contributed by atoms with van der Waals surface area (Å²) in [6.07, 6.45) is 2.98. The normalized spacial score (nSPS) is 26.3. The molecule has 0 unspecified atom stereocenters. The minimum atomic E-state index is -0.739. The molecule has 0 radical (unpaired) electrons. The maximum atomic E-state index is 12.3. The van der Waals surface area contributed by atoms with Crippen molar-refractivity contribution in [1.82, 2.24) is 24.5 Å². The van der Waals surface area contributed by atoms with E-state index in [1.54, 1.807) is 47.9 Å². The molecular formula is C17H28N6O3. The lowest BCUT2D eigenvalue weighted by atomic mass is 9.75. The quantitative estimate of drug-likeness (QED) is 0.775. The van der Waals surface area contributed by atoms with Gasteiger partial charge in [0.15, 0.2) is 5.82 Å². The van der Waals surface area contributed by atoms with Crippen LogP contribution < -0.4 is 5.32 Å². The molecule has 3 heterocycles. The van der Waals surface area contributed by atoms with Crippen LogP contribution in [-0.4, -0.2) is 93.9 Å². The smallest absolute Gasteiger partial charge is 0.319 e. The van der Waals surface area contributed by atoms with E-state index in [-0.39, 0.29) is 24.4 Å². The Morgan fingerprint density at radius 2 is 2.08 bits per heavy atom. The highest BCUT2D eigenvalue weighted by Crippen LogP contribution is 2.35. The van der Waals surface area contributed by atoms with Crippen LogP contribution in [0.2, 0.25) is 0 Å². The van der Waals surface area contributed by atoms with Gasteiger partial charge in [-0.1, -0.05) is 0 Å². The van der Waals surface area contributed by atoms with Crippen LogP contribution >= 0.6 is 0 Å². The van der Waals surface area contributed by atoms with E-state index >= 15 is 0 Å². The molecule has 0 bridgehead atoms. The van der Waals surface area contributed by atoms with E-state index in [4.69, 9.17) is 0 Å². The number of likely N-dealkylation sites (tertiary alicyclic amines) is 2. The van der Waals surface area contributed by atoms with Gasteiger partial charge in [0, 0.05) is 65.5 Å². The molecule has 2 saturated heterocycles. The molecule has 9 nitrogen and oxygen atoms in total. The zero-order chi connectivity index (χ0) is 18.9. The fourth-order valence-electron chi connectivity index (χ4n) is 3.84. The highest BCUT2D eigenvalue weighted by atomic mass is 16.3. The summed E-state index contributed by atoms with van der Waals surface area (Å²) in [4.78, 5) is 29.9. The topological polar surface area (TPSA) is 93.9 Å². The zero-order valence-electron chi connectivity index (χ0n) is 15.7. The number of rotatable bonds is 3. The first-order chi connectivity index (χ1) is 12.3. The second kappa shape index (κ2) is 7.24. The van der Waals surface area contributed by atoms with Gasteiger partial charge < -0.3 is 20.2 Å². The third-order valence-corrected chi connectivity index (χ3v) is 5.36. The van der Waals surface area contributed by atoms with Crippen molar-refractivity contribution < 1.29 is 14.7 Å². The lowest BCUT2D eigenvalue weighted by molar-refractivity contribution is -0.125. The molecule has 0 spiro atoms. The van der Waals surface area contributed by atoms with Crippen molar-refractivity contribution >= 4 is 17.8 Å². The number of fused-ring (bicyclic) bond motifs is 1. The van der Waals surface area contributed by atoms with Gasteiger partial charge in [-0.25, -0.2) is 4.79 Å². The van der Waals surface area contributed by atoms with Gasteiger partial charge in [0.25, 0.3) is 0 Å². The van der Waals surface area contributed by atoms with E-state index in [1.807, 2.05) is 4.90 Å². The number of amides is 3. The molecule has 2 aliphatic rings. The van der Waals surface area contributed by atoms with Crippen molar-refractivity contribution in [2.24, 2.45) is 13.0 Å². The van der Waals surface area contributed by atoms with Crippen LogP contribution in [0.25, 0.3) is 0 Å². The van der Waals surface area contributed by atoms with Gasteiger partial charge in [0.2, 0.25) is 5.91 Å². The van der Waals surface area contributed by atoms with Crippen LogP contribution in [-0.2, 0) is 11.8 Å². The van der Waals surface area contributed by atoms with Gasteiger partial charge in [-0.3, -0.25) is 14.4 Å². The molecule has 1 aromatic heterocycles. The fraction of sp³-hybridized carbons (Fsp3) is 0.706. The Morgan fingerprint density at radius 1 is 1.35 bits per heavy atom. The van der Waals surface area contributed by atoms with Gasteiger partial charge in [0.1, 0.15) is 0 Å². The molecule has 2 N–H and O–H groups in total. The number of aliphatic hydroxyl groups is 1. The van der Waals surface area contributed by atoms with Crippen LogP contribution in [0.5, 0.6) is 0 Å². The Hall–Kier alpha value is -2.13. The number of aryl methyl sites for hydroxylation is 1. The molecule has 2 atom stereocenters. The van der Waals surface area contributed by atoms with Gasteiger partial charge in [-0.2, -0.15) is 5.10 Å². The third-order valence-electron chi connectivity index (χ3n) is 5.36. The van der Waals surface area contributed by atoms with E-state index in [2.05, 4.69) is 10.4 Å². The molecule has 0 aromatic carbocycles. The van der Waals surface area contributed by atoms with Crippen molar-refractivity contribution in [2.75, 3.05) is 52.1 Å².